The van der Waals surface area contributed by atoms with Crippen molar-refractivity contribution in [3.63, 3.8) is 0 Å². The summed E-state index contributed by atoms with van der Waals surface area (Å²) in [6.45, 7) is 2.97. The van der Waals surface area contributed by atoms with Crippen molar-refractivity contribution in [1.82, 2.24) is 10.3 Å². The zero-order valence-corrected chi connectivity index (χ0v) is 12.6. The molecule has 106 valence electrons. The van der Waals surface area contributed by atoms with Crippen LogP contribution in [0.2, 0.25) is 5.02 Å². The number of benzene rings is 2. The van der Waals surface area contributed by atoms with E-state index in [1.54, 1.807) is 0 Å². The second kappa shape index (κ2) is 6.25. The SMILES string of the molecule is C[C@H](NCc1ccc2cnccc2c1)c1cccc(Cl)c1. The highest BCUT2D eigenvalue weighted by Gasteiger charge is 2.05. The number of rotatable bonds is 4. The van der Waals surface area contributed by atoms with E-state index in [-0.39, 0.29) is 6.04 Å². The minimum Gasteiger partial charge on any atom is -0.306 e. The predicted molar refractivity (Wildman–Crippen MR) is 88.4 cm³/mol. The van der Waals surface area contributed by atoms with E-state index in [1.165, 1.54) is 21.9 Å². The molecule has 3 aromatic rings. The molecular formula is C18H17ClN2. The highest BCUT2D eigenvalue weighted by atomic mass is 35.5. The van der Waals surface area contributed by atoms with Crippen molar-refractivity contribution in [1.29, 1.82) is 0 Å². The van der Waals surface area contributed by atoms with Crippen molar-refractivity contribution in [2.45, 2.75) is 19.5 Å². The minimum atomic E-state index is 0.261. The molecule has 0 spiro atoms. The lowest BCUT2D eigenvalue weighted by molar-refractivity contribution is 0.575. The van der Waals surface area contributed by atoms with Gasteiger partial charge in [0, 0.05) is 35.4 Å². The van der Waals surface area contributed by atoms with E-state index in [1.807, 2.05) is 36.7 Å². The molecule has 0 aliphatic heterocycles. The quantitative estimate of drug-likeness (QED) is 0.752. The highest BCUT2D eigenvalue weighted by molar-refractivity contribution is 6.30. The van der Waals surface area contributed by atoms with Gasteiger partial charge in [-0.25, -0.2) is 0 Å². The second-order valence-corrected chi connectivity index (χ2v) is 5.65. The number of nitrogens with one attached hydrogen (secondary N) is 1. The molecule has 1 aromatic heterocycles. The van der Waals surface area contributed by atoms with Crippen LogP contribution < -0.4 is 5.32 Å². The largest absolute Gasteiger partial charge is 0.306 e. The maximum absolute atomic E-state index is 6.04. The van der Waals surface area contributed by atoms with Gasteiger partial charge in [0.1, 0.15) is 0 Å². The van der Waals surface area contributed by atoms with Gasteiger partial charge in [-0.1, -0.05) is 35.9 Å². The molecule has 0 unspecified atom stereocenters. The monoisotopic (exact) mass is 296 g/mol. The molecule has 21 heavy (non-hydrogen) atoms. The molecule has 0 saturated carbocycles. The van der Waals surface area contributed by atoms with Crippen molar-refractivity contribution in [2.24, 2.45) is 0 Å². The number of hydrogen-bond donors (Lipinski definition) is 1. The Bertz CT molecular complexity index is 755. The minimum absolute atomic E-state index is 0.261. The third kappa shape index (κ3) is 3.41. The average molecular weight is 297 g/mol. The van der Waals surface area contributed by atoms with Crippen LogP contribution in [0.3, 0.4) is 0 Å². The lowest BCUT2D eigenvalue weighted by Crippen LogP contribution is -2.18. The van der Waals surface area contributed by atoms with E-state index in [2.05, 4.69) is 41.5 Å². The molecule has 1 N–H and O–H groups in total. The molecule has 2 nitrogen and oxygen atoms in total. The molecule has 0 aliphatic rings. The topological polar surface area (TPSA) is 24.9 Å². The van der Waals surface area contributed by atoms with Crippen LogP contribution in [0.15, 0.2) is 60.9 Å². The molecule has 0 aliphatic carbocycles. The maximum Gasteiger partial charge on any atom is 0.0409 e. The number of aromatic nitrogens is 1. The Morgan fingerprint density at radius 3 is 2.86 bits per heavy atom. The van der Waals surface area contributed by atoms with Gasteiger partial charge in [0.15, 0.2) is 0 Å². The molecule has 2 aromatic carbocycles. The first kappa shape index (κ1) is 14.1. The Morgan fingerprint density at radius 1 is 1.10 bits per heavy atom. The summed E-state index contributed by atoms with van der Waals surface area (Å²) in [4.78, 5) is 4.14. The van der Waals surface area contributed by atoms with Crippen molar-refractivity contribution in [2.75, 3.05) is 0 Å². The fraction of sp³-hybridized carbons (Fsp3) is 0.167. The number of halogens is 1. The molecule has 0 bridgehead atoms. The Kier molecular flexibility index (Phi) is 4.18. The van der Waals surface area contributed by atoms with Gasteiger partial charge in [0.05, 0.1) is 0 Å². The van der Waals surface area contributed by atoms with Gasteiger partial charge in [-0.15, -0.1) is 0 Å². The molecular weight excluding hydrogens is 280 g/mol. The van der Waals surface area contributed by atoms with Crippen LogP contribution in [0, 0.1) is 0 Å². The fourth-order valence-electron chi connectivity index (χ4n) is 2.41. The van der Waals surface area contributed by atoms with Crippen LogP contribution in [0.5, 0.6) is 0 Å². The maximum atomic E-state index is 6.04. The van der Waals surface area contributed by atoms with Crippen molar-refractivity contribution >= 4 is 22.4 Å². The molecule has 0 saturated heterocycles. The van der Waals surface area contributed by atoms with Gasteiger partial charge in [0.25, 0.3) is 0 Å². The lowest BCUT2D eigenvalue weighted by atomic mass is 10.1. The van der Waals surface area contributed by atoms with Gasteiger partial charge in [-0.3, -0.25) is 4.98 Å². The number of fused-ring (bicyclic) bond motifs is 1. The number of hydrogen-bond acceptors (Lipinski definition) is 2. The Balaban J connectivity index is 1.71. The van der Waals surface area contributed by atoms with E-state index in [0.717, 1.165) is 11.6 Å². The van der Waals surface area contributed by atoms with E-state index < -0.39 is 0 Å². The first-order chi connectivity index (χ1) is 10.2. The third-order valence-corrected chi connectivity index (χ3v) is 3.90. The predicted octanol–water partition coefficient (Wildman–Crippen LogP) is 4.74. The van der Waals surface area contributed by atoms with Crippen molar-refractivity contribution in [3.8, 4) is 0 Å². The van der Waals surface area contributed by atoms with Gasteiger partial charge < -0.3 is 5.32 Å². The third-order valence-electron chi connectivity index (χ3n) is 3.67. The van der Waals surface area contributed by atoms with E-state index in [9.17, 15) is 0 Å². The van der Waals surface area contributed by atoms with Crippen LogP contribution in [-0.4, -0.2) is 4.98 Å². The summed E-state index contributed by atoms with van der Waals surface area (Å²) in [6.07, 6.45) is 3.72. The summed E-state index contributed by atoms with van der Waals surface area (Å²) in [7, 11) is 0. The van der Waals surface area contributed by atoms with Crippen LogP contribution >= 0.6 is 11.6 Å². The van der Waals surface area contributed by atoms with Crippen molar-refractivity contribution in [3.05, 3.63) is 77.1 Å². The molecule has 3 rings (SSSR count). The molecule has 0 fully saturated rings. The van der Waals surface area contributed by atoms with Gasteiger partial charge in [-0.2, -0.15) is 0 Å². The van der Waals surface area contributed by atoms with Crippen LogP contribution in [-0.2, 0) is 6.54 Å². The first-order valence-electron chi connectivity index (χ1n) is 7.04. The van der Waals surface area contributed by atoms with E-state index in [0.29, 0.717) is 0 Å². The average Bonchev–Trinajstić information content (AvgIpc) is 2.52. The Morgan fingerprint density at radius 2 is 2.00 bits per heavy atom. The lowest BCUT2D eigenvalue weighted by Gasteiger charge is -2.15. The normalized spacial score (nSPS) is 12.5. The number of pyridine rings is 1. The van der Waals surface area contributed by atoms with Crippen molar-refractivity contribution < 1.29 is 0 Å². The van der Waals surface area contributed by atoms with Gasteiger partial charge >= 0.3 is 0 Å². The molecule has 0 amide bonds. The van der Waals surface area contributed by atoms with Crippen LogP contribution in [0.1, 0.15) is 24.1 Å². The summed E-state index contributed by atoms with van der Waals surface area (Å²) < 4.78 is 0. The fourth-order valence-corrected chi connectivity index (χ4v) is 2.61. The van der Waals surface area contributed by atoms with Crippen LogP contribution in [0.4, 0.5) is 0 Å². The summed E-state index contributed by atoms with van der Waals surface area (Å²) in [5.74, 6) is 0. The molecule has 1 heterocycles. The van der Waals surface area contributed by atoms with E-state index >= 15 is 0 Å². The first-order valence-corrected chi connectivity index (χ1v) is 7.42. The Hall–Kier alpha value is -1.90. The summed E-state index contributed by atoms with van der Waals surface area (Å²) in [5.41, 5.74) is 2.47. The highest BCUT2D eigenvalue weighted by Crippen LogP contribution is 2.19. The summed E-state index contributed by atoms with van der Waals surface area (Å²) in [5, 5.41) is 6.70. The standard InChI is InChI=1S/C18H17ClN2/c1-13(15-3-2-4-18(19)10-15)21-11-14-5-6-17-12-20-8-7-16(17)9-14/h2-10,12-13,21H,11H2,1H3/t13-/m0/s1. The Labute approximate surface area is 129 Å². The smallest absolute Gasteiger partial charge is 0.0409 e. The molecule has 1 atom stereocenters. The van der Waals surface area contributed by atoms with Gasteiger partial charge in [-0.05, 0) is 47.7 Å². The number of nitrogens with zero attached hydrogens (tertiary/aromatic N) is 1. The van der Waals surface area contributed by atoms with E-state index in [4.69, 9.17) is 11.6 Å². The zero-order chi connectivity index (χ0) is 14.7. The summed E-state index contributed by atoms with van der Waals surface area (Å²) in [6, 6.07) is 16.7. The zero-order valence-electron chi connectivity index (χ0n) is 11.9. The molecule has 3 heteroatoms. The second-order valence-electron chi connectivity index (χ2n) is 5.21. The van der Waals surface area contributed by atoms with Crippen LogP contribution in [0.25, 0.3) is 10.8 Å². The molecule has 0 radical (unpaired) electrons. The summed E-state index contributed by atoms with van der Waals surface area (Å²) >= 11 is 6.04. The van der Waals surface area contributed by atoms with Gasteiger partial charge in [0.2, 0.25) is 0 Å².